The molecule has 0 bridgehead atoms. The van der Waals surface area contributed by atoms with Crippen LogP contribution in [-0.2, 0) is 0 Å². The van der Waals surface area contributed by atoms with Crippen molar-refractivity contribution in [3.05, 3.63) is 12.4 Å². The van der Waals surface area contributed by atoms with Crippen molar-refractivity contribution >= 4 is 17.4 Å². The zero-order chi connectivity index (χ0) is 11.1. The molecule has 84 valence electrons. The largest absolute Gasteiger partial charge is 0.478 e. The minimum Gasteiger partial charge on any atom is -0.478 e. The molecule has 0 aliphatic rings. The smallest absolute Gasteiger partial charge is 0.218 e. The van der Waals surface area contributed by atoms with E-state index >= 15 is 0 Å². The van der Waals surface area contributed by atoms with E-state index in [1.54, 1.807) is 0 Å². The average molecular weight is 230 g/mol. The molecule has 0 atom stereocenters. The third-order valence-corrected chi connectivity index (χ3v) is 2.15. The Morgan fingerprint density at radius 3 is 2.80 bits per heavy atom. The lowest BCUT2D eigenvalue weighted by Crippen LogP contribution is -2.25. The van der Waals surface area contributed by atoms with Crippen LogP contribution in [-0.4, -0.2) is 35.5 Å². The third kappa shape index (κ3) is 3.55. The Labute approximate surface area is 95.2 Å². The summed E-state index contributed by atoms with van der Waals surface area (Å²) in [5.74, 6) is 2.05. The van der Waals surface area contributed by atoms with Crippen molar-refractivity contribution in [2.75, 3.05) is 30.5 Å². The van der Waals surface area contributed by atoms with E-state index in [0.29, 0.717) is 18.4 Å². The highest BCUT2D eigenvalue weighted by Gasteiger charge is 2.06. The first-order valence-electron chi connectivity index (χ1n) is 5.07. The summed E-state index contributed by atoms with van der Waals surface area (Å²) in [5.41, 5.74) is 0. The number of nitrogens with zero attached hydrogens (tertiary/aromatic N) is 3. The lowest BCUT2D eigenvalue weighted by atomic mass is 10.4. The van der Waals surface area contributed by atoms with Gasteiger partial charge >= 0.3 is 0 Å². The van der Waals surface area contributed by atoms with Crippen molar-refractivity contribution in [3.63, 3.8) is 0 Å². The molecule has 0 radical (unpaired) electrons. The van der Waals surface area contributed by atoms with Gasteiger partial charge < -0.3 is 9.64 Å². The van der Waals surface area contributed by atoms with Gasteiger partial charge in [-0.15, -0.1) is 11.6 Å². The van der Waals surface area contributed by atoms with Crippen molar-refractivity contribution in [2.24, 2.45) is 0 Å². The number of aromatic nitrogens is 2. The number of halogens is 1. The Morgan fingerprint density at radius 2 is 2.20 bits per heavy atom. The Balaban J connectivity index is 2.77. The topological polar surface area (TPSA) is 38.2 Å². The highest BCUT2D eigenvalue weighted by atomic mass is 35.5. The van der Waals surface area contributed by atoms with Crippen LogP contribution in [0.3, 0.4) is 0 Å². The molecule has 0 unspecified atom stereocenters. The van der Waals surface area contributed by atoms with Crippen LogP contribution in [0, 0.1) is 0 Å². The van der Waals surface area contributed by atoms with Crippen molar-refractivity contribution in [3.8, 4) is 5.88 Å². The number of hydrogen-bond acceptors (Lipinski definition) is 4. The van der Waals surface area contributed by atoms with Crippen molar-refractivity contribution in [2.45, 2.75) is 13.8 Å². The fourth-order valence-corrected chi connectivity index (χ4v) is 1.47. The minimum absolute atomic E-state index is 0.585. The Bertz CT molecular complexity index is 296. The van der Waals surface area contributed by atoms with Gasteiger partial charge in [0.15, 0.2) is 0 Å². The summed E-state index contributed by atoms with van der Waals surface area (Å²) in [4.78, 5) is 10.3. The maximum absolute atomic E-state index is 5.71. The fourth-order valence-electron chi connectivity index (χ4n) is 1.27. The molecule has 0 spiro atoms. The molecule has 0 fully saturated rings. The van der Waals surface area contributed by atoms with E-state index in [1.807, 2.05) is 13.0 Å². The summed E-state index contributed by atoms with van der Waals surface area (Å²) in [5, 5.41) is 0. The number of anilines is 1. The van der Waals surface area contributed by atoms with Gasteiger partial charge in [-0.25, -0.2) is 9.97 Å². The first kappa shape index (κ1) is 12.0. The molecule has 5 heteroatoms. The molecular formula is C10H16ClN3O. The fraction of sp³-hybridized carbons (Fsp3) is 0.600. The van der Waals surface area contributed by atoms with Crippen LogP contribution in [0.25, 0.3) is 0 Å². The van der Waals surface area contributed by atoms with E-state index in [-0.39, 0.29) is 0 Å². The predicted molar refractivity (Wildman–Crippen MR) is 61.8 cm³/mol. The number of hydrogen-bond donors (Lipinski definition) is 0. The SMILES string of the molecule is CCOc1cc(N(CC)CCCl)ncn1. The van der Waals surface area contributed by atoms with Gasteiger partial charge in [-0.05, 0) is 13.8 Å². The van der Waals surface area contributed by atoms with Crippen LogP contribution in [0.1, 0.15) is 13.8 Å². The monoisotopic (exact) mass is 229 g/mol. The van der Waals surface area contributed by atoms with E-state index < -0.39 is 0 Å². The first-order valence-corrected chi connectivity index (χ1v) is 5.61. The normalized spacial score (nSPS) is 10.1. The molecule has 0 amide bonds. The van der Waals surface area contributed by atoms with E-state index in [2.05, 4.69) is 21.8 Å². The summed E-state index contributed by atoms with van der Waals surface area (Å²) in [7, 11) is 0. The molecule has 0 saturated carbocycles. The lowest BCUT2D eigenvalue weighted by Gasteiger charge is -2.20. The van der Waals surface area contributed by atoms with Crippen LogP contribution < -0.4 is 9.64 Å². The number of ether oxygens (including phenoxy) is 1. The maximum Gasteiger partial charge on any atom is 0.218 e. The van der Waals surface area contributed by atoms with Gasteiger partial charge in [-0.3, -0.25) is 0 Å². The zero-order valence-electron chi connectivity index (χ0n) is 9.11. The zero-order valence-corrected chi connectivity index (χ0v) is 9.87. The van der Waals surface area contributed by atoms with Crippen LogP contribution >= 0.6 is 11.6 Å². The molecular weight excluding hydrogens is 214 g/mol. The molecule has 1 aromatic rings. The summed E-state index contributed by atoms with van der Waals surface area (Å²) in [6.45, 7) is 6.25. The van der Waals surface area contributed by atoms with E-state index in [9.17, 15) is 0 Å². The van der Waals surface area contributed by atoms with Crippen LogP contribution in [0.2, 0.25) is 0 Å². The van der Waals surface area contributed by atoms with Gasteiger partial charge in [0.2, 0.25) is 5.88 Å². The van der Waals surface area contributed by atoms with Crippen molar-refractivity contribution in [1.29, 1.82) is 0 Å². The van der Waals surface area contributed by atoms with Crippen LogP contribution in [0.4, 0.5) is 5.82 Å². The molecule has 0 saturated heterocycles. The molecule has 4 nitrogen and oxygen atoms in total. The lowest BCUT2D eigenvalue weighted by molar-refractivity contribution is 0.326. The van der Waals surface area contributed by atoms with Crippen molar-refractivity contribution < 1.29 is 4.74 Å². The molecule has 1 heterocycles. The molecule has 0 aliphatic heterocycles. The van der Waals surface area contributed by atoms with E-state index in [1.165, 1.54) is 6.33 Å². The predicted octanol–water partition coefficient (Wildman–Crippen LogP) is 1.94. The van der Waals surface area contributed by atoms with Crippen LogP contribution in [0.5, 0.6) is 5.88 Å². The molecule has 0 aromatic carbocycles. The summed E-state index contributed by atoms with van der Waals surface area (Å²) >= 11 is 5.71. The summed E-state index contributed by atoms with van der Waals surface area (Å²) in [6.07, 6.45) is 1.51. The number of alkyl halides is 1. The summed E-state index contributed by atoms with van der Waals surface area (Å²) in [6, 6.07) is 1.83. The minimum atomic E-state index is 0.585. The molecule has 1 rings (SSSR count). The molecule has 0 aliphatic carbocycles. The average Bonchev–Trinajstić information content (AvgIpc) is 2.27. The van der Waals surface area contributed by atoms with Gasteiger partial charge in [0.25, 0.3) is 0 Å². The second-order valence-corrected chi connectivity index (χ2v) is 3.29. The second kappa shape index (κ2) is 6.45. The summed E-state index contributed by atoms with van der Waals surface area (Å²) < 4.78 is 5.31. The van der Waals surface area contributed by atoms with Crippen molar-refractivity contribution in [1.82, 2.24) is 9.97 Å². The van der Waals surface area contributed by atoms with E-state index in [4.69, 9.17) is 16.3 Å². The molecule has 0 N–H and O–H groups in total. The highest BCUT2D eigenvalue weighted by molar-refractivity contribution is 6.18. The van der Waals surface area contributed by atoms with Gasteiger partial charge in [0, 0.05) is 25.0 Å². The Morgan fingerprint density at radius 1 is 1.40 bits per heavy atom. The standard InChI is InChI=1S/C10H16ClN3O/c1-3-14(6-5-11)9-7-10(15-4-2)13-8-12-9/h7-8H,3-6H2,1-2H3. The van der Waals surface area contributed by atoms with Gasteiger partial charge in [0.1, 0.15) is 12.1 Å². The maximum atomic E-state index is 5.71. The van der Waals surface area contributed by atoms with E-state index in [0.717, 1.165) is 18.9 Å². The number of rotatable bonds is 6. The molecule has 1 aromatic heterocycles. The Hall–Kier alpha value is -1.03. The van der Waals surface area contributed by atoms with Gasteiger partial charge in [-0.1, -0.05) is 0 Å². The van der Waals surface area contributed by atoms with Gasteiger partial charge in [0.05, 0.1) is 6.61 Å². The molecule has 15 heavy (non-hydrogen) atoms. The highest BCUT2D eigenvalue weighted by Crippen LogP contribution is 2.15. The van der Waals surface area contributed by atoms with Gasteiger partial charge in [-0.2, -0.15) is 0 Å². The second-order valence-electron chi connectivity index (χ2n) is 2.92. The Kier molecular flexibility index (Phi) is 5.18. The first-order chi connectivity index (χ1) is 7.31. The quantitative estimate of drug-likeness (QED) is 0.699. The van der Waals surface area contributed by atoms with Crippen LogP contribution in [0.15, 0.2) is 12.4 Å². The third-order valence-electron chi connectivity index (χ3n) is 1.98.